The van der Waals surface area contributed by atoms with Crippen LogP contribution in [0.4, 0.5) is 0 Å². The van der Waals surface area contributed by atoms with Crippen molar-refractivity contribution < 1.29 is 4.74 Å². The molecule has 19 heavy (non-hydrogen) atoms. The number of ether oxygens (including phenoxy) is 1. The molecule has 0 unspecified atom stereocenters. The summed E-state index contributed by atoms with van der Waals surface area (Å²) in [7, 11) is 0. The van der Waals surface area contributed by atoms with Crippen molar-refractivity contribution in [1.29, 1.82) is 0 Å². The highest BCUT2D eigenvalue weighted by Crippen LogP contribution is 2.37. The summed E-state index contributed by atoms with van der Waals surface area (Å²) in [5.74, 6) is 0.629. The molecule has 0 bridgehead atoms. The van der Waals surface area contributed by atoms with E-state index >= 15 is 0 Å². The van der Waals surface area contributed by atoms with Crippen LogP contribution in [0.25, 0.3) is 0 Å². The quantitative estimate of drug-likeness (QED) is 0.755. The molecule has 0 saturated heterocycles. The topological polar surface area (TPSA) is 48.1 Å². The number of nitrogens with two attached hydrogens (primary N) is 1. The SMILES string of the molecule is NCc1cnc(Oc2cc(Cl)c(Br)cc2Cl)c(Cl)c1. The van der Waals surface area contributed by atoms with Gasteiger partial charge in [-0.3, -0.25) is 0 Å². The van der Waals surface area contributed by atoms with E-state index in [1.165, 1.54) is 0 Å². The summed E-state index contributed by atoms with van der Waals surface area (Å²) in [5, 5.41) is 1.24. The highest BCUT2D eigenvalue weighted by atomic mass is 79.9. The Morgan fingerprint density at radius 1 is 1.11 bits per heavy atom. The van der Waals surface area contributed by atoms with E-state index in [-0.39, 0.29) is 5.88 Å². The van der Waals surface area contributed by atoms with Crippen LogP contribution in [0.3, 0.4) is 0 Å². The highest BCUT2D eigenvalue weighted by Gasteiger charge is 2.11. The minimum absolute atomic E-state index is 0.249. The number of pyridine rings is 1. The van der Waals surface area contributed by atoms with E-state index in [1.54, 1.807) is 24.4 Å². The second-order valence-corrected chi connectivity index (χ2v) is 5.71. The number of aromatic nitrogens is 1. The minimum atomic E-state index is 0.249. The smallest absolute Gasteiger partial charge is 0.238 e. The number of hydrogen-bond donors (Lipinski definition) is 1. The highest BCUT2D eigenvalue weighted by molar-refractivity contribution is 9.10. The van der Waals surface area contributed by atoms with Crippen LogP contribution in [0.1, 0.15) is 5.56 Å². The van der Waals surface area contributed by atoms with Gasteiger partial charge in [0.2, 0.25) is 5.88 Å². The van der Waals surface area contributed by atoms with Gasteiger partial charge in [-0.25, -0.2) is 4.98 Å². The van der Waals surface area contributed by atoms with Gasteiger partial charge in [0.15, 0.2) is 0 Å². The van der Waals surface area contributed by atoms with E-state index < -0.39 is 0 Å². The third kappa shape index (κ3) is 3.52. The Morgan fingerprint density at radius 3 is 2.47 bits per heavy atom. The average molecular weight is 382 g/mol. The van der Waals surface area contributed by atoms with Crippen molar-refractivity contribution in [3.05, 3.63) is 49.5 Å². The first-order valence-corrected chi connectivity index (χ1v) is 7.11. The number of benzene rings is 1. The van der Waals surface area contributed by atoms with Crippen molar-refractivity contribution in [2.24, 2.45) is 5.73 Å². The Morgan fingerprint density at radius 2 is 1.84 bits per heavy atom. The summed E-state index contributed by atoms with van der Waals surface area (Å²) in [4.78, 5) is 4.09. The molecule has 2 aromatic rings. The Kier molecular flexibility index (Phi) is 4.92. The third-order valence-electron chi connectivity index (χ3n) is 2.28. The van der Waals surface area contributed by atoms with Crippen LogP contribution >= 0.6 is 50.7 Å². The average Bonchev–Trinajstić information content (AvgIpc) is 2.38. The van der Waals surface area contributed by atoms with Gasteiger partial charge in [0, 0.05) is 23.3 Å². The van der Waals surface area contributed by atoms with Crippen LogP contribution in [0.15, 0.2) is 28.9 Å². The first-order chi connectivity index (χ1) is 9.01. The van der Waals surface area contributed by atoms with Gasteiger partial charge in [-0.2, -0.15) is 0 Å². The Balaban J connectivity index is 2.33. The van der Waals surface area contributed by atoms with Gasteiger partial charge in [-0.15, -0.1) is 0 Å². The van der Waals surface area contributed by atoms with E-state index in [0.29, 0.717) is 31.8 Å². The lowest BCUT2D eigenvalue weighted by molar-refractivity contribution is 0.463. The molecule has 0 amide bonds. The van der Waals surface area contributed by atoms with E-state index in [0.717, 1.165) is 5.56 Å². The molecule has 100 valence electrons. The maximum absolute atomic E-state index is 6.06. The van der Waals surface area contributed by atoms with Gasteiger partial charge in [0.1, 0.15) is 10.8 Å². The van der Waals surface area contributed by atoms with E-state index in [1.807, 2.05) is 0 Å². The summed E-state index contributed by atoms with van der Waals surface area (Å²) in [6, 6.07) is 4.92. The zero-order valence-corrected chi connectivity index (χ0v) is 13.3. The number of hydrogen-bond acceptors (Lipinski definition) is 3. The molecule has 2 rings (SSSR count). The van der Waals surface area contributed by atoms with Crippen molar-refractivity contribution in [3.8, 4) is 11.6 Å². The zero-order chi connectivity index (χ0) is 14.0. The van der Waals surface area contributed by atoms with Gasteiger partial charge in [-0.05, 0) is 33.6 Å². The normalized spacial score (nSPS) is 10.6. The lowest BCUT2D eigenvalue weighted by atomic mass is 10.3. The first-order valence-electron chi connectivity index (χ1n) is 5.18. The van der Waals surface area contributed by atoms with Crippen molar-refractivity contribution in [2.45, 2.75) is 6.54 Å². The molecule has 0 spiro atoms. The number of nitrogens with zero attached hydrogens (tertiary/aromatic N) is 1. The molecule has 0 aliphatic heterocycles. The lowest BCUT2D eigenvalue weighted by Crippen LogP contribution is -1.98. The molecule has 0 aliphatic rings. The molecular weight excluding hydrogens is 374 g/mol. The second-order valence-electron chi connectivity index (χ2n) is 3.63. The number of rotatable bonds is 3. The van der Waals surface area contributed by atoms with Crippen LogP contribution in [0, 0.1) is 0 Å². The van der Waals surface area contributed by atoms with Crippen LogP contribution in [0.2, 0.25) is 15.1 Å². The molecule has 1 aromatic carbocycles. The van der Waals surface area contributed by atoms with Crippen LogP contribution < -0.4 is 10.5 Å². The summed E-state index contributed by atoms with van der Waals surface area (Å²) < 4.78 is 6.24. The maximum Gasteiger partial charge on any atom is 0.238 e. The summed E-state index contributed by atoms with van der Waals surface area (Å²) >= 11 is 21.4. The van der Waals surface area contributed by atoms with Gasteiger partial charge < -0.3 is 10.5 Å². The van der Waals surface area contributed by atoms with E-state index in [9.17, 15) is 0 Å². The van der Waals surface area contributed by atoms with Gasteiger partial charge in [0.05, 0.1) is 10.0 Å². The predicted molar refractivity (Wildman–Crippen MR) is 81.4 cm³/mol. The van der Waals surface area contributed by atoms with Crippen molar-refractivity contribution in [2.75, 3.05) is 0 Å². The standard InChI is InChI=1S/C12H8BrCl3N2O/c13-7-2-9(15)11(3-8(7)14)19-12-10(16)1-6(4-17)5-18-12/h1-3,5H,4,17H2. The van der Waals surface area contributed by atoms with Gasteiger partial charge in [0.25, 0.3) is 0 Å². The van der Waals surface area contributed by atoms with Crippen LogP contribution in [-0.4, -0.2) is 4.98 Å². The molecule has 7 heteroatoms. The second kappa shape index (κ2) is 6.29. The van der Waals surface area contributed by atoms with Gasteiger partial charge in [-0.1, -0.05) is 34.8 Å². The summed E-state index contributed by atoms with van der Waals surface area (Å²) in [6.07, 6.45) is 1.59. The third-order valence-corrected chi connectivity index (χ3v) is 4.04. The summed E-state index contributed by atoms with van der Waals surface area (Å²) in [6.45, 7) is 0.359. The Labute approximate surface area is 133 Å². The number of halogens is 4. The molecule has 1 heterocycles. The van der Waals surface area contributed by atoms with Crippen LogP contribution in [0.5, 0.6) is 11.6 Å². The molecule has 1 aromatic heterocycles. The van der Waals surface area contributed by atoms with E-state index in [2.05, 4.69) is 20.9 Å². The van der Waals surface area contributed by atoms with Crippen molar-refractivity contribution in [3.63, 3.8) is 0 Å². The Hall–Kier alpha value is -0.520. The predicted octanol–water partition coefficient (Wildman–Crippen LogP) is 5.06. The van der Waals surface area contributed by atoms with Crippen LogP contribution in [-0.2, 0) is 6.54 Å². The molecule has 0 radical (unpaired) electrons. The fraction of sp³-hybridized carbons (Fsp3) is 0.0833. The molecule has 0 atom stereocenters. The fourth-order valence-corrected chi connectivity index (χ4v) is 2.40. The molecule has 3 nitrogen and oxygen atoms in total. The van der Waals surface area contributed by atoms with Gasteiger partial charge >= 0.3 is 0 Å². The zero-order valence-electron chi connectivity index (χ0n) is 9.46. The maximum atomic E-state index is 6.06. The minimum Gasteiger partial charge on any atom is -0.436 e. The molecule has 0 aliphatic carbocycles. The molecule has 0 fully saturated rings. The Bertz CT molecular complexity index is 622. The van der Waals surface area contributed by atoms with Crippen molar-refractivity contribution in [1.82, 2.24) is 4.98 Å². The summed E-state index contributed by atoms with van der Waals surface area (Å²) in [5.41, 5.74) is 6.32. The molecule has 2 N–H and O–H groups in total. The lowest BCUT2D eigenvalue weighted by Gasteiger charge is -2.10. The van der Waals surface area contributed by atoms with E-state index in [4.69, 9.17) is 45.3 Å². The van der Waals surface area contributed by atoms with Crippen molar-refractivity contribution >= 4 is 50.7 Å². The monoisotopic (exact) mass is 380 g/mol. The molecular formula is C12H8BrCl3N2O. The first kappa shape index (κ1) is 14.9. The fourth-order valence-electron chi connectivity index (χ4n) is 1.34. The largest absolute Gasteiger partial charge is 0.436 e. The molecule has 0 saturated carbocycles.